The highest BCUT2D eigenvalue weighted by Crippen LogP contribution is 2.14. The third-order valence-corrected chi connectivity index (χ3v) is 1.93. The van der Waals surface area contributed by atoms with Gasteiger partial charge in [-0.2, -0.15) is 4.98 Å². The number of aryl methyl sites for hydroxylation is 1. The van der Waals surface area contributed by atoms with Crippen LogP contribution in [0.15, 0.2) is 16.9 Å². The molecule has 0 radical (unpaired) electrons. The second-order valence-corrected chi connectivity index (χ2v) is 3.29. The fourth-order valence-electron chi connectivity index (χ4n) is 1.07. The van der Waals surface area contributed by atoms with Gasteiger partial charge in [-0.1, -0.05) is 5.16 Å². The Morgan fingerprint density at radius 1 is 1.38 bits per heavy atom. The molecule has 2 rings (SSSR count). The van der Waals surface area contributed by atoms with Crippen molar-refractivity contribution in [2.75, 3.05) is 6.54 Å². The molecule has 2 aromatic heterocycles. The van der Waals surface area contributed by atoms with Crippen molar-refractivity contribution in [3.63, 3.8) is 0 Å². The first-order valence-electron chi connectivity index (χ1n) is 4.71. The molecule has 7 nitrogen and oxygen atoms in total. The summed E-state index contributed by atoms with van der Waals surface area (Å²) in [5.74, 6) is 0.661. The summed E-state index contributed by atoms with van der Waals surface area (Å²) in [7, 11) is 0. The van der Waals surface area contributed by atoms with Crippen LogP contribution in [-0.4, -0.2) is 31.8 Å². The SMILES string of the molecule is Cc1cnc(-c2noc(C(O)CN)n2)nc1. The van der Waals surface area contributed by atoms with E-state index in [1.165, 1.54) is 0 Å². The molecule has 2 aromatic rings. The van der Waals surface area contributed by atoms with Crippen molar-refractivity contribution in [2.45, 2.75) is 13.0 Å². The first kappa shape index (κ1) is 10.7. The van der Waals surface area contributed by atoms with Crippen molar-refractivity contribution in [3.05, 3.63) is 23.8 Å². The highest BCUT2D eigenvalue weighted by Gasteiger charge is 2.16. The van der Waals surface area contributed by atoms with E-state index in [2.05, 4.69) is 20.1 Å². The molecule has 7 heteroatoms. The Bertz CT molecular complexity index is 467. The van der Waals surface area contributed by atoms with Crippen LogP contribution in [0.4, 0.5) is 0 Å². The maximum Gasteiger partial charge on any atom is 0.257 e. The van der Waals surface area contributed by atoms with Crippen LogP contribution in [0.5, 0.6) is 0 Å². The Labute approximate surface area is 91.3 Å². The van der Waals surface area contributed by atoms with E-state index >= 15 is 0 Å². The van der Waals surface area contributed by atoms with Gasteiger partial charge >= 0.3 is 0 Å². The van der Waals surface area contributed by atoms with E-state index in [4.69, 9.17) is 10.3 Å². The lowest BCUT2D eigenvalue weighted by Crippen LogP contribution is -2.11. The van der Waals surface area contributed by atoms with E-state index in [-0.39, 0.29) is 18.3 Å². The number of nitrogens with two attached hydrogens (primary N) is 1. The van der Waals surface area contributed by atoms with Crippen LogP contribution in [0.25, 0.3) is 11.6 Å². The van der Waals surface area contributed by atoms with Gasteiger partial charge in [-0.25, -0.2) is 9.97 Å². The molecule has 0 aliphatic heterocycles. The summed E-state index contributed by atoms with van der Waals surface area (Å²) < 4.78 is 4.83. The quantitative estimate of drug-likeness (QED) is 0.739. The summed E-state index contributed by atoms with van der Waals surface area (Å²) in [5, 5.41) is 13.0. The highest BCUT2D eigenvalue weighted by atomic mass is 16.5. The predicted octanol–water partition coefficient (Wildman–Crippen LogP) is -0.173. The molecule has 0 saturated heterocycles. The minimum atomic E-state index is -0.952. The second kappa shape index (κ2) is 4.33. The van der Waals surface area contributed by atoms with Crippen LogP contribution in [0.3, 0.4) is 0 Å². The molecule has 0 fully saturated rings. The first-order valence-corrected chi connectivity index (χ1v) is 4.71. The average Bonchev–Trinajstić information content (AvgIpc) is 2.78. The Kier molecular flexibility index (Phi) is 2.88. The van der Waals surface area contributed by atoms with Gasteiger partial charge in [-0.15, -0.1) is 0 Å². The van der Waals surface area contributed by atoms with E-state index in [9.17, 15) is 5.11 Å². The van der Waals surface area contributed by atoms with Crippen molar-refractivity contribution < 1.29 is 9.63 Å². The van der Waals surface area contributed by atoms with Gasteiger partial charge < -0.3 is 15.4 Å². The number of hydrogen-bond donors (Lipinski definition) is 2. The Morgan fingerprint density at radius 3 is 2.69 bits per heavy atom. The van der Waals surface area contributed by atoms with Gasteiger partial charge in [0.05, 0.1) is 0 Å². The van der Waals surface area contributed by atoms with E-state index in [0.29, 0.717) is 5.82 Å². The van der Waals surface area contributed by atoms with Gasteiger partial charge in [-0.3, -0.25) is 0 Å². The molecule has 0 bridgehead atoms. The number of aliphatic hydroxyl groups excluding tert-OH is 1. The van der Waals surface area contributed by atoms with E-state index in [1.54, 1.807) is 12.4 Å². The van der Waals surface area contributed by atoms with Gasteiger partial charge in [-0.05, 0) is 12.5 Å². The monoisotopic (exact) mass is 221 g/mol. The molecule has 2 heterocycles. The number of nitrogens with zero attached hydrogens (tertiary/aromatic N) is 4. The fourth-order valence-corrected chi connectivity index (χ4v) is 1.07. The summed E-state index contributed by atoms with van der Waals surface area (Å²) in [5.41, 5.74) is 6.20. The lowest BCUT2D eigenvalue weighted by molar-refractivity contribution is 0.141. The topological polar surface area (TPSA) is 111 Å². The first-order chi connectivity index (χ1) is 7.70. The van der Waals surface area contributed by atoms with Gasteiger partial charge in [0.1, 0.15) is 6.10 Å². The second-order valence-electron chi connectivity index (χ2n) is 3.29. The molecule has 1 unspecified atom stereocenters. The number of aromatic nitrogens is 4. The van der Waals surface area contributed by atoms with Gasteiger partial charge in [0.2, 0.25) is 11.6 Å². The molecular weight excluding hydrogens is 210 g/mol. The average molecular weight is 221 g/mol. The van der Waals surface area contributed by atoms with E-state index in [0.717, 1.165) is 5.56 Å². The van der Waals surface area contributed by atoms with Crippen LogP contribution >= 0.6 is 0 Å². The summed E-state index contributed by atoms with van der Waals surface area (Å²) in [6.45, 7) is 1.90. The van der Waals surface area contributed by atoms with Gasteiger partial charge in [0, 0.05) is 18.9 Å². The minimum absolute atomic E-state index is 0.0242. The Balaban J connectivity index is 2.28. The van der Waals surface area contributed by atoms with Crippen molar-refractivity contribution in [2.24, 2.45) is 5.73 Å². The zero-order valence-electron chi connectivity index (χ0n) is 8.66. The van der Waals surface area contributed by atoms with E-state index in [1.807, 2.05) is 6.92 Å². The number of rotatable bonds is 3. The van der Waals surface area contributed by atoms with Crippen LogP contribution in [-0.2, 0) is 0 Å². The third-order valence-electron chi connectivity index (χ3n) is 1.93. The number of aliphatic hydroxyl groups is 1. The van der Waals surface area contributed by atoms with Crippen LogP contribution in [0.1, 0.15) is 17.6 Å². The van der Waals surface area contributed by atoms with E-state index < -0.39 is 6.10 Å². The normalized spacial score (nSPS) is 12.7. The smallest absolute Gasteiger partial charge is 0.257 e. The standard InChI is InChI=1S/C9H11N5O2/c1-5-3-11-7(12-4-5)8-13-9(16-14-8)6(15)2-10/h3-4,6,15H,2,10H2,1H3. The molecule has 0 aromatic carbocycles. The fraction of sp³-hybridized carbons (Fsp3) is 0.333. The maximum atomic E-state index is 9.37. The third kappa shape index (κ3) is 2.05. The molecule has 0 saturated carbocycles. The van der Waals surface area contributed by atoms with Gasteiger partial charge in [0.15, 0.2) is 0 Å². The molecule has 0 spiro atoms. The predicted molar refractivity (Wildman–Crippen MR) is 54.1 cm³/mol. The summed E-state index contributed by atoms with van der Waals surface area (Å²) in [4.78, 5) is 12.0. The van der Waals surface area contributed by atoms with Crippen molar-refractivity contribution >= 4 is 0 Å². The molecule has 0 aliphatic rings. The van der Waals surface area contributed by atoms with Crippen LogP contribution < -0.4 is 5.73 Å². The Hall–Kier alpha value is -1.86. The summed E-state index contributed by atoms with van der Waals surface area (Å²) in [6.07, 6.45) is 2.35. The maximum absolute atomic E-state index is 9.37. The lowest BCUT2D eigenvalue weighted by Gasteiger charge is -1.97. The number of hydrogen-bond acceptors (Lipinski definition) is 7. The molecule has 3 N–H and O–H groups in total. The van der Waals surface area contributed by atoms with Crippen LogP contribution in [0.2, 0.25) is 0 Å². The Morgan fingerprint density at radius 2 is 2.06 bits per heavy atom. The zero-order valence-corrected chi connectivity index (χ0v) is 8.66. The van der Waals surface area contributed by atoms with Crippen molar-refractivity contribution in [3.8, 4) is 11.6 Å². The van der Waals surface area contributed by atoms with Crippen molar-refractivity contribution in [1.82, 2.24) is 20.1 Å². The molecule has 1 atom stereocenters. The zero-order chi connectivity index (χ0) is 11.5. The lowest BCUT2D eigenvalue weighted by atomic mass is 10.3. The summed E-state index contributed by atoms with van der Waals surface area (Å²) >= 11 is 0. The molecule has 0 aliphatic carbocycles. The van der Waals surface area contributed by atoms with Crippen LogP contribution in [0, 0.1) is 6.92 Å². The molecule has 0 amide bonds. The summed E-state index contributed by atoms with van der Waals surface area (Å²) in [6, 6.07) is 0. The molecule has 84 valence electrons. The van der Waals surface area contributed by atoms with Crippen molar-refractivity contribution in [1.29, 1.82) is 0 Å². The largest absolute Gasteiger partial charge is 0.382 e. The highest BCUT2D eigenvalue weighted by molar-refractivity contribution is 5.40. The van der Waals surface area contributed by atoms with Gasteiger partial charge in [0.25, 0.3) is 5.89 Å². The molecular formula is C9H11N5O2. The minimum Gasteiger partial charge on any atom is -0.382 e. The molecule has 16 heavy (non-hydrogen) atoms.